The van der Waals surface area contributed by atoms with Crippen molar-refractivity contribution in [2.75, 3.05) is 7.11 Å². The Kier molecular flexibility index (Phi) is 3.31. The number of ether oxygens (including phenoxy) is 1. The number of methoxy groups -OCH3 is 1. The first-order valence-electron chi connectivity index (χ1n) is 6.45. The summed E-state index contributed by atoms with van der Waals surface area (Å²) in [6.45, 7) is 1.82. The van der Waals surface area contributed by atoms with Crippen molar-refractivity contribution in [2.24, 2.45) is 0 Å². The second-order valence-electron chi connectivity index (χ2n) is 4.66. The minimum absolute atomic E-state index is 0.242. The SMILES string of the molecule is COc1cccc(-c2noc(-c3ccc(O)c(C)c3)n2)c1. The molecule has 0 saturated carbocycles. The van der Waals surface area contributed by atoms with E-state index in [1.54, 1.807) is 25.3 Å². The topological polar surface area (TPSA) is 68.4 Å². The highest BCUT2D eigenvalue weighted by Crippen LogP contribution is 2.27. The molecule has 5 heteroatoms. The van der Waals surface area contributed by atoms with Crippen molar-refractivity contribution in [1.29, 1.82) is 0 Å². The zero-order chi connectivity index (χ0) is 14.8. The quantitative estimate of drug-likeness (QED) is 0.797. The van der Waals surface area contributed by atoms with E-state index in [0.29, 0.717) is 11.7 Å². The first-order valence-corrected chi connectivity index (χ1v) is 6.45. The Morgan fingerprint density at radius 3 is 2.71 bits per heavy atom. The lowest BCUT2D eigenvalue weighted by Gasteiger charge is -2.00. The van der Waals surface area contributed by atoms with E-state index in [9.17, 15) is 5.11 Å². The predicted molar refractivity (Wildman–Crippen MR) is 78.1 cm³/mol. The molecule has 0 unspecified atom stereocenters. The van der Waals surface area contributed by atoms with E-state index in [-0.39, 0.29) is 5.75 Å². The van der Waals surface area contributed by atoms with E-state index >= 15 is 0 Å². The molecular weight excluding hydrogens is 268 g/mol. The molecule has 1 N–H and O–H groups in total. The van der Waals surface area contributed by atoms with Crippen LogP contribution < -0.4 is 4.74 Å². The van der Waals surface area contributed by atoms with Gasteiger partial charge in [-0.2, -0.15) is 4.98 Å². The molecule has 1 aromatic heterocycles. The minimum Gasteiger partial charge on any atom is -0.508 e. The maximum Gasteiger partial charge on any atom is 0.258 e. The third-order valence-electron chi connectivity index (χ3n) is 3.20. The summed E-state index contributed by atoms with van der Waals surface area (Å²) in [6, 6.07) is 12.6. The Morgan fingerprint density at radius 1 is 1.10 bits per heavy atom. The average Bonchev–Trinajstić information content (AvgIpc) is 3.00. The summed E-state index contributed by atoms with van der Waals surface area (Å²) >= 11 is 0. The highest BCUT2D eigenvalue weighted by atomic mass is 16.5. The number of phenolic OH excluding ortho intramolecular Hbond substituents is 1. The maximum atomic E-state index is 9.55. The second-order valence-corrected chi connectivity index (χ2v) is 4.66. The molecular formula is C16H14N2O3. The Morgan fingerprint density at radius 2 is 1.95 bits per heavy atom. The van der Waals surface area contributed by atoms with Gasteiger partial charge in [-0.25, -0.2) is 0 Å². The third kappa shape index (κ3) is 2.58. The normalized spacial score (nSPS) is 10.6. The van der Waals surface area contributed by atoms with Crippen LogP contribution in [0.2, 0.25) is 0 Å². The van der Waals surface area contributed by atoms with Crippen LogP contribution in [0.15, 0.2) is 47.0 Å². The molecule has 0 radical (unpaired) electrons. The Hall–Kier alpha value is -2.82. The van der Waals surface area contributed by atoms with E-state index in [2.05, 4.69) is 10.1 Å². The first-order chi connectivity index (χ1) is 10.2. The number of aromatic hydroxyl groups is 1. The fraction of sp³-hybridized carbons (Fsp3) is 0.125. The zero-order valence-electron chi connectivity index (χ0n) is 11.7. The van der Waals surface area contributed by atoms with Gasteiger partial charge in [0.2, 0.25) is 5.82 Å². The Balaban J connectivity index is 1.97. The van der Waals surface area contributed by atoms with Gasteiger partial charge in [-0.15, -0.1) is 0 Å². The number of aromatic nitrogens is 2. The fourth-order valence-electron chi connectivity index (χ4n) is 2.01. The molecule has 0 bridgehead atoms. The summed E-state index contributed by atoms with van der Waals surface area (Å²) < 4.78 is 10.5. The number of aryl methyl sites for hydroxylation is 1. The van der Waals surface area contributed by atoms with Crippen LogP contribution in [-0.2, 0) is 0 Å². The van der Waals surface area contributed by atoms with Crippen molar-refractivity contribution in [2.45, 2.75) is 6.92 Å². The molecule has 0 saturated heterocycles. The first kappa shape index (κ1) is 13.2. The van der Waals surface area contributed by atoms with Crippen LogP contribution in [0.1, 0.15) is 5.56 Å². The smallest absolute Gasteiger partial charge is 0.258 e. The van der Waals surface area contributed by atoms with Crippen molar-refractivity contribution >= 4 is 0 Å². The molecule has 3 aromatic rings. The highest BCUT2D eigenvalue weighted by molar-refractivity contribution is 5.62. The van der Waals surface area contributed by atoms with Crippen molar-refractivity contribution in [3.8, 4) is 34.3 Å². The van der Waals surface area contributed by atoms with Crippen molar-refractivity contribution in [3.63, 3.8) is 0 Å². The highest BCUT2D eigenvalue weighted by Gasteiger charge is 2.12. The van der Waals surface area contributed by atoms with Crippen LogP contribution in [0.3, 0.4) is 0 Å². The van der Waals surface area contributed by atoms with Crippen molar-refractivity contribution in [1.82, 2.24) is 10.1 Å². The molecule has 21 heavy (non-hydrogen) atoms. The zero-order valence-corrected chi connectivity index (χ0v) is 11.7. The molecule has 5 nitrogen and oxygen atoms in total. The number of hydrogen-bond acceptors (Lipinski definition) is 5. The lowest BCUT2D eigenvalue weighted by Crippen LogP contribution is -1.85. The molecule has 3 rings (SSSR count). The maximum absolute atomic E-state index is 9.55. The largest absolute Gasteiger partial charge is 0.508 e. The Labute approximate surface area is 121 Å². The summed E-state index contributed by atoms with van der Waals surface area (Å²) in [5.74, 6) is 1.89. The molecule has 0 aliphatic heterocycles. The van der Waals surface area contributed by atoms with Crippen LogP contribution in [0, 0.1) is 6.92 Å². The molecule has 0 aliphatic carbocycles. The number of nitrogens with zero attached hydrogens (tertiary/aromatic N) is 2. The lowest BCUT2D eigenvalue weighted by molar-refractivity contribution is 0.414. The number of hydrogen-bond donors (Lipinski definition) is 1. The molecule has 106 valence electrons. The van der Waals surface area contributed by atoms with Gasteiger partial charge in [-0.05, 0) is 42.8 Å². The van der Waals surface area contributed by atoms with Gasteiger partial charge >= 0.3 is 0 Å². The molecule has 0 amide bonds. The summed E-state index contributed by atoms with van der Waals surface area (Å²) in [4.78, 5) is 4.38. The number of rotatable bonds is 3. The van der Waals surface area contributed by atoms with E-state index in [1.807, 2.05) is 31.2 Å². The summed E-state index contributed by atoms with van der Waals surface area (Å²) in [6.07, 6.45) is 0. The number of phenols is 1. The van der Waals surface area contributed by atoms with Gasteiger partial charge in [0.05, 0.1) is 7.11 Å². The minimum atomic E-state index is 0.242. The van der Waals surface area contributed by atoms with Gasteiger partial charge in [0.15, 0.2) is 0 Å². The fourth-order valence-corrected chi connectivity index (χ4v) is 2.01. The van der Waals surface area contributed by atoms with Crippen LogP contribution in [0.4, 0.5) is 0 Å². The Bertz CT molecular complexity index is 781. The van der Waals surface area contributed by atoms with Gasteiger partial charge < -0.3 is 14.4 Å². The number of benzene rings is 2. The van der Waals surface area contributed by atoms with E-state index in [0.717, 1.165) is 22.4 Å². The molecule has 1 heterocycles. The van der Waals surface area contributed by atoms with Gasteiger partial charge in [0.25, 0.3) is 5.89 Å². The molecule has 0 fully saturated rings. The summed E-state index contributed by atoms with van der Waals surface area (Å²) in [7, 11) is 1.61. The summed E-state index contributed by atoms with van der Waals surface area (Å²) in [5, 5.41) is 13.5. The summed E-state index contributed by atoms with van der Waals surface area (Å²) in [5.41, 5.74) is 2.35. The standard InChI is InChI=1S/C16H14N2O3/c1-10-8-12(6-7-14(10)19)16-17-15(18-21-16)11-4-3-5-13(9-11)20-2/h3-9,19H,1-2H3. The molecule has 2 aromatic carbocycles. The molecule has 0 spiro atoms. The van der Waals surface area contributed by atoms with Crippen molar-refractivity contribution < 1.29 is 14.4 Å². The second kappa shape index (κ2) is 5.28. The molecule has 0 aliphatic rings. The van der Waals surface area contributed by atoms with E-state index in [1.165, 1.54) is 0 Å². The lowest BCUT2D eigenvalue weighted by atomic mass is 10.1. The monoisotopic (exact) mass is 282 g/mol. The average molecular weight is 282 g/mol. The third-order valence-corrected chi connectivity index (χ3v) is 3.20. The molecule has 0 atom stereocenters. The van der Waals surface area contributed by atoms with Gasteiger partial charge in [0.1, 0.15) is 11.5 Å². The van der Waals surface area contributed by atoms with Crippen LogP contribution in [0.25, 0.3) is 22.8 Å². The van der Waals surface area contributed by atoms with Gasteiger partial charge in [0, 0.05) is 11.1 Å². The van der Waals surface area contributed by atoms with Gasteiger partial charge in [-0.1, -0.05) is 17.3 Å². The van der Waals surface area contributed by atoms with Crippen LogP contribution in [-0.4, -0.2) is 22.4 Å². The van der Waals surface area contributed by atoms with E-state index < -0.39 is 0 Å². The van der Waals surface area contributed by atoms with E-state index in [4.69, 9.17) is 9.26 Å². The van der Waals surface area contributed by atoms with Gasteiger partial charge in [-0.3, -0.25) is 0 Å². The predicted octanol–water partition coefficient (Wildman–Crippen LogP) is 3.43. The van der Waals surface area contributed by atoms with Crippen molar-refractivity contribution in [3.05, 3.63) is 48.0 Å². The van der Waals surface area contributed by atoms with Crippen LogP contribution in [0.5, 0.6) is 11.5 Å². The van der Waals surface area contributed by atoms with Crippen LogP contribution >= 0.6 is 0 Å².